The molecule has 3 heteroatoms. The summed E-state index contributed by atoms with van der Waals surface area (Å²) in [4.78, 5) is 0. The van der Waals surface area contributed by atoms with Gasteiger partial charge >= 0.3 is 0 Å². The molecule has 0 unspecified atom stereocenters. The van der Waals surface area contributed by atoms with Crippen LogP contribution in [-0.4, -0.2) is 16.7 Å². The molecule has 3 rings (SSSR count). The number of benzene rings is 2. The van der Waals surface area contributed by atoms with Crippen molar-refractivity contribution >= 4 is 10.9 Å². The lowest BCUT2D eigenvalue weighted by atomic mass is 10.1. The molecular weight excluding hydrogens is 248 g/mol. The molecule has 0 aliphatic rings. The minimum absolute atomic E-state index is 0.315. The molecule has 2 N–H and O–H groups in total. The molecule has 0 saturated heterocycles. The van der Waals surface area contributed by atoms with E-state index in [2.05, 4.69) is 40.3 Å². The highest BCUT2D eigenvalue weighted by atomic mass is 16.3. The van der Waals surface area contributed by atoms with Crippen molar-refractivity contribution in [2.75, 3.05) is 7.05 Å². The summed E-state index contributed by atoms with van der Waals surface area (Å²) in [5, 5.41) is 13.9. The average molecular weight is 266 g/mol. The second-order valence-corrected chi connectivity index (χ2v) is 5.04. The van der Waals surface area contributed by atoms with Gasteiger partial charge < -0.3 is 15.0 Å². The number of phenols is 1. The Morgan fingerprint density at radius 2 is 1.95 bits per heavy atom. The summed E-state index contributed by atoms with van der Waals surface area (Å²) in [6.07, 6.45) is 2.10. The van der Waals surface area contributed by atoms with Gasteiger partial charge in [0.05, 0.1) is 0 Å². The van der Waals surface area contributed by atoms with Gasteiger partial charge in [0, 0.05) is 24.8 Å². The van der Waals surface area contributed by atoms with Crippen LogP contribution >= 0.6 is 0 Å². The van der Waals surface area contributed by atoms with Crippen molar-refractivity contribution in [1.82, 2.24) is 9.88 Å². The SMILES string of the molecule is CNCc1ccc2c(ccn2Cc2cccc(O)c2)c1. The molecule has 0 aliphatic carbocycles. The quantitative estimate of drug-likeness (QED) is 0.761. The number of rotatable bonds is 4. The van der Waals surface area contributed by atoms with Gasteiger partial charge in [-0.05, 0) is 53.9 Å². The van der Waals surface area contributed by atoms with Gasteiger partial charge in [-0.3, -0.25) is 0 Å². The molecule has 3 aromatic rings. The zero-order chi connectivity index (χ0) is 13.9. The fourth-order valence-corrected chi connectivity index (χ4v) is 2.55. The first-order chi connectivity index (χ1) is 9.76. The molecule has 102 valence electrons. The smallest absolute Gasteiger partial charge is 0.115 e. The lowest BCUT2D eigenvalue weighted by Crippen LogP contribution is -2.04. The number of phenolic OH excluding ortho intramolecular Hbond substituents is 1. The van der Waals surface area contributed by atoms with E-state index >= 15 is 0 Å². The first-order valence-electron chi connectivity index (χ1n) is 6.76. The summed E-state index contributed by atoms with van der Waals surface area (Å²) in [6, 6.07) is 16.1. The van der Waals surface area contributed by atoms with Crippen molar-refractivity contribution < 1.29 is 5.11 Å². The highest BCUT2D eigenvalue weighted by Gasteiger charge is 2.03. The van der Waals surface area contributed by atoms with Crippen LogP contribution in [0.15, 0.2) is 54.7 Å². The number of hydrogen-bond acceptors (Lipinski definition) is 2. The number of fused-ring (bicyclic) bond motifs is 1. The molecule has 0 fully saturated rings. The van der Waals surface area contributed by atoms with E-state index in [-0.39, 0.29) is 0 Å². The monoisotopic (exact) mass is 266 g/mol. The lowest BCUT2D eigenvalue weighted by Gasteiger charge is -2.07. The second kappa shape index (κ2) is 5.39. The van der Waals surface area contributed by atoms with Crippen LogP contribution in [0.1, 0.15) is 11.1 Å². The van der Waals surface area contributed by atoms with E-state index < -0.39 is 0 Å². The highest BCUT2D eigenvalue weighted by molar-refractivity contribution is 5.81. The van der Waals surface area contributed by atoms with E-state index in [1.54, 1.807) is 12.1 Å². The molecule has 2 aromatic carbocycles. The van der Waals surface area contributed by atoms with Crippen molar-refractivity contribution in [2.24, 2.45) is 0 Å². The maximum atomic E-state index is 9.53. The maximum absolute atomic E-state index is 9.53. The Hall–Kier alpha value is -2.26. The zero-order valence-corrected chi connectivity index (χ0v) is 11.5. The molecule has 0 aliphatic heterocycles. The van der Waals surface area contributed by atoms with E-state index in [1.165, 1.54) is 16.5 Å². The van der Waals surface area contributed by atoms with Crippen LogP contribution in [-0.2, 0) is 13.1 Å². The molecular formula is C17H18N2O. The predicted molar refractivity (Wildman–Crippen MR) is 81.9 cm³/mol. The number of aromatic hydroxyl groups is 1. The summed E-state index contributed by atoms with van der Waals surface area (Å²) in [6.45, 7) is 1.65. The molecule has 0 amide bonds. The highest BCUT2D eigenvalue weighted by Crippen LogP contribution is 2.20. The summed E-state index contributed by atoms with van der Waals surface area (Å²) in [5.74, 6) is 0.315. The molecule has 0 saturated carbocycles. The van der Waals surface area contributed by atoms with E-state index in [0.29, 0.717) is 5.75 Å². The second-order valence-electron chi connectivity index (χ2n) is 5.04. The van der Waals surface area contributed by atoms with Gasteiger partial charge in [0.1, 0.15) is 5.75 Å². The molecule has 0 spiro atoms. The number of nitrogens with one attached hydrogen (secondary N) is 1. The van der Waals surface area contributed by atoms with Crippen molar-refractivity contribution in [3.8, 4) is 5.75 Å². The molecule has 0 bridgehead atoms. The third-order valence-electron chi connectivity index (χ3n) is 3.48. The van der Waals surface area contributed by atoms with Gasteiger partial charge in [0.15, 0.2) is 0 Å². The zero-order valence-electron chi connectivity index (χ0n) is 11.5. The Labute approximate surface area is 118 Å². The van der Waals surface area contributed by atoms with E-state index in [1.807, 2.05) is 19.2 Å². The topological polar surface area (TPSA) is 37.2 Å². The Bertz CT molecular complexity index is 731. The molecule has 20 heavy (non-hydrogen) atoms. The minimum atomic E-state index is 0.315. The summed E-state index contributed by atoms with van der Waals surface area (Å²) in [5.41, 5.74) is 3.60. The van der Waals surface area contributed by atoms with Crippen molar-refractivity contribution in [1.29, 1.82) is 0 Å². The fourth-order valence-electron chi connectivity index (χ4n) is 2.55. The van der Waals surface area contributed by atoms with Gasteiger partial charge in [-0.2, -0.15) is 0 Å². The van der Waals surface area contributed by atoms with Gasteiger partial charge in [0.2, 0.25) is 0 Å². The molecule has 0 radical (unpaired) electrons. The molecule has 0 atom stereocenters. The summed E-state index contributed by atoms with van der Waals surface area (Å²) >= 11 is 0. The predicted octanol–water partition coefficient (Wildman–Crippen LogP) is 3.11. The van der Waals surface area contributed by atoms with E-state index in [9.17, 15) is 5.11 Å². The Morgan fingerprint density at radius 1 is 1.05 bits per heavy atom. The number of hydrogen-bond donors (Lipinski definition) is 2. The fraction of sp³-hybridized carbons (Fsp3) is 0.176. The van der Waals surface area contributed by atoms with Gasteiger partial charge in [0.25, 0.3) is 0 Å². The minimum Gasteiger partial charge on any atom is -0.508 e. The van der Waals surface area contributed by atoms with Gasteiger partial charge in [-0.25, -0.2) is 0 Å². The van der Waals surface area contributed by atoms with Crippen LogP contribution in [0, 0.1) is 0 Å². The van der Waals surface area contributed by atoms with Crippen LogP contribution in [0.3, 0.4) is 0 Å². The third-order valence-corrected chi connectivity index (χ3v) is 3.48. The first-order valence-corrected chi connectivity index (χ1v) is 6.76. The third kappa shape index (κ3) is 2.53. The largest absolute Gasteiger partial charge is 0.508 e. The Kier molecular flexibility index (Phi) is 3.44. The Morgan fingerprint density at radius 3 is 2.75 bits per heavy atom. The first kappa shape index (κ1) is 12.8. The molecule has 3 nitrogen and oxygen atoms in total. The number of aromatic nitrogens is 1. The van der Waals surface area contributed by atoms with E-state index in [0.717, 1.165) is 18.7 Å². The van der Waals surface area contributed by atoms with Crippen LogP contribution in [0.2, 0.25) is 0 Å². The van der Waals surface area contributed by atoms with Crippen LogP contribution in [0.25, 0.3) is 10.9 Å². The Balaban J connectivity index is 1.92. The molecule has 1 heterocycles. The average Bonchev–Trinajstić information content (AvgIpc) is 2.82. The lowest BCUT2D eigenvalue weighted by molar-refractivity contribution is 0.474. The maximum Gasteiger partial charge on any atom is 0.115 e. The van der Waals surface area contributed by atoms with Gasteiger partial charge in [-0.1, -0.05) is 18.2 Å². The van der Waals surface area contributed by atoms with E-state index in [4.69, 9.17) is 0 Å². The van der Waals surface area contributed by atoms with Crippen LogP contribution in [0.5, 0.6) is 5.75 Å². The summed E-state index contributed by atoms with van der Waals surface area (Å²) in [7, 11) is 1.96. The van der Waals surface area contributed by atoms with Crippen molar-refractivity contribution in [3.05, 3.63) is 65.9 Å². The number of nitrogens with zero attached hydrogens (tertiary/aromatic N) is 1. The molecule has 1 aromatic heterocycles. The van der Waals surface area contributed by atoms with Crippen LogP contribution in [0.4, 0.5) is 0 Å². The van der Waals surface area contributed by atoms with Crippen molar-refractivity contribution in [2.45, 2.75) is 13.1 Å². The summed E-state index contributed by atoms with van der Waals surface area (Å²) < 4.78 is 2.20. The van der Waals surface area contributed by atoms with Crippen molar-refractivity contribution in [3.63, 3.8) is 0 Å². The normalized spacial score (nSPS) is 11.1. The van der Waals surface area contributed by atoms with Gasteiger partial charge in [-0.15, -0.1) is 0 Å². The van der Waals surface area contributed by atoms with Crippen LogP contribution < -0.4 is 5.32 Å². The standard InChI is InChI=1S/C17H18N2O/c1-18-11-13-5-6-17-15(9-13)7-8-19(17)12-14-3-2-4-16(20)10-14/h2-10,18,20H,11-12H2,1H3.